The summed E-state index contributed by atoms with van der Waals surface area (Å²) in [6, 6.07) is 6.21. The molecule has 0 aromatic heterocycles. The Balaban J connectivity index is 1.15. The van der Waals surface area contributed by atoms with Gasteiger partial charge in [-0.1, -0.05) is 57.4 Å². The van der Waals surface area contributed by atoms with Crippen LogP contribution in [-0.4, -0.2) is 34.7 Å². The molecule has 0 spiro atoms. The van der Waals surface area contributed by atoms with E-state index >= 15 is 0 Å². The van der Waals surface area contributed by atoms with Crippen LogP contribution in [0.2, 0.25) is 0 Å². The molecule has 0 saturated carbocycles. The highest BCUT2D eigenvalue weighted by Crippen LogP contribution is 2.33. The SMILES string of the molecule is O=C(CCCCCCCCCCCCc1ccc2c(c1)OCO2)C1=C(O)[C@@H](O)CCC1=O. The Morgan fingerprint density at radius 3 is 2.25 bits per heavy atom. The third kappa shape index (κ3) is 7.09. The van der Waals surface area contributed by atoms with Crippen molar-refractivity contribution < 1.29 is 29.3 Å². The first-order valence-corrected chi connectivity index (χ1v) is 12.1. The summed E-state index contributed by atoms with van der Waals surface area (Å²) in [4.78, 5) is 24.0. The molecule has 2 aliphatic rings. The van der Waals surface area contributed by atoms with Crippen LogP contribution >= 0.6 is 0 Å². The molecule has 1 aliphatic carbocycles. The van der Waals surface area contributed by atoms with Crippen molar-refractivity contribution >= 4 is 11.6 Å². The van der Waals surface area contributed by atoms with Gasteiger partial charge in [0.25, 0.3) is 0 Å². The van der Waals surface area contributed by atoms with E-state index in [0.717, 1.165) is 43.6 Å². The number of aliphatic hydroxyl groups is 2. The van der Waals surface area contributed by atoms with E-state index < -0.39 is 11.9 Å². The van der Waals surface area contributed by atoms with Crippen LogP contribution in [0.3, 0.4) is 0 Å². The van der Waals surface area contributed by atoms with Crippen molar-refractivity contribution in [2.75, 3.05) is 6.79 Å². The van der Waals surface area contributed by atoms with Gasteiger partial charge in [0.05, 0.1) is 0 Å². The third-order valence-electron chi connectivity index (χ3n) is 6.33. The van der Waals surface area contributed by atoms with Gasteiger partial charge >= 0.3 is 0 Å². The Morgan fingerprint density at radius 2 is 1.53 bits per heavy atom. The predicted octanol–water partition coefficient (Wildman–Crippen LogP) is 5.35. The van der Waals surface area contributed by atoms with Gasteiger partial charge in [-0.3, -0.25) is 9.59 Å². The molecule has 1 aliphatic heterocycles. The summed E-state index contributed by atoms with van der Waals surface area (Å²) in [6.45, 7) is 0.325. The number of carbonyl (C=O) groups excluding carboxylic acids is 2. The fraction of sp³-hybridized carbons (Fsp3) is 0.615. The lowest BCUT2D eigenvalue weighted by molar-refractivity contribution is -0.123. The predicted molar refractivity (Wildman–Crippen MR) is 122 cm³/mol. The number of allylic oxidation sites excluding steroid dienone is 1. The largest absolute Gasteiger partial charge is 0.509 e. The van der Waals surface area contributed by atoms with Crippen LogP contribution in [0.1, 0.15) is 89.0 Å². The molecule has 0 bridgehead atoms. The number of hydrogen-bond acceptors (Lipinski definition) is 6. The Labute approximate surface area is 190 Å². The van der Waals surface area contributed by atoms with Crippen LogP contribution in [0.25, 0.3) is 0 Å². The topological polar surface area (TPSA) is 93.1 Å². The maximum absolute atomic E-state index is 12.2. The van der Waals surface area contributed by atoms with Crippen molar-refractivity contribution in [3.05, 3.63) is 35.1 Å². The number of ether oxygens (including phenoxy) is 2. The molecule has 3 rings (SSSR count). The van der Waals surface area contributed by atoms with Gasteiger partial charge in [0.2, 0.25) is 6.79 Å². The van der Waals surface area contributed by atoms with Crippen molar-refractivity contribution in [3.63, 3.8) is 0 Å². The number of Topliss-reactive ketones (excluding diaryl/α,β-unsaturated/α-hetero) is 2. The summed E-state index contributed by atoms with van der Waals surface area (Å²) >= 11 is 0. The number of aryl methyl sites for hydroxylation is 1. The van der Waals surface area contributed by atoms with Crippen molar-refractivity contribution in [2.45, 2.75) is 96.0 Å². The third-order valence-corrected chi connectivity index (χ3v) is 6.33. The van der Waals surface area contributed by atoms with E-state index in [-0.39, 0.29) is 36.4 Å². The van der Waals surface area contributed by atoms with Crippen LogP contribution in [0.4, 0.5) is 0 Å². The van der Waals surface area contributed by atoms with Crippen molar-refractivity contribution in [3.8, 4) is 11.5 Å². The molecule has 0 fully saturated rings. The van der Waals surface area contributed by atoms with Crippen molar-refractivity contribution in [2.24, 2.45) is 0 Å². The van der Waals surface area contributed by atoms with Gasteiger partial charge in [0, 0.05) is 12.8 Å². The van der Waals surface area contributed by atoms with E-state index in [2.05, 4.69) is 12.1 Å². The zero-order valence-electron chi connectivity index (χ0n) is 18.9. The highest BCUT2D eigenvalue weighted by atomic mass is 16.7. The second-order valence-electron chi connectivity index (χ2n) is 8.88. The van der Waals surface area contributed by atoms with Crippen molar-refractivity contribution in [1.29, 1.82) is 0 Å². The first kappa shape index (κ1) is 24.3. The Kier molecular flexibility index (Phi) is 9.60. The molecule has 1 aromatic carbocycles. The maximum Gasteiger partial charge on any atom is 0.231 e. The molecule has 6 heteroatoms. The molecule has 1 heterocycles. The average Bonchev–Trinajstić information content (AvgIpc) is 3.25. The number of benzene rings is 1. The zero-order valence-corrected chi connectivity index (χ0v) is 18.9. The highest BCUT2D eigenvalue weighted by molar-refractivity contribution is 6.21. The monoisotopic (exact) mass is 444 g/mol. The lowest BCUT2D eigenvalue weighted by Crippen LogP contribution is -2.27. The average molecular weight is 445 g/mol. The van der Waals surface area contributed by atoms with Gasteiger partial charge in [-0.25, -0.2) is 0 Å². The van der Waals surface area contributed by atoms with Crippen LogP contribution < -0.4 is 9.47 Å². The minimum absolute atomic E-state index is 0.130. The maximum atomic E-state index is 12.2. The quantitative estimate of drug-likeness (QED) is 0.297. The lowest BCUT2D eigenvalue weighted by Gasteiger charge is -2.18. The number of hydrogen-bond donors (Lipinski definition) is 2. The highest BCUT2D eigenvalue weighted by Gasteiger charge is 2.30. The summed E-state index contributed by atoms with van der Waals surface area (Å²) in [6.07, 6.45) is 11.9. The number of rotatable bonds is 14. The fourth-order valence-electron chi connectivity index (χ4n) is 4.39. The van der Waals surface area contributed by atoms with E-state index in [1.54, 1.807) is 0 Å². The fourth-order valence-corrected chi connectivity index (χ4v) is 4.39. The summed E-state index contributed by atoms with van der Waals surface area (Å²) < 4.78 is 10.8. The molecule has 0 unspecified atom stereocenters. The summed E-state index contributed by atoms with van der Waals surface area (Å²) in [5, 5.41) is 19.5. The van der Waals surface area contributed by atoms with Crippen LogP contribution in [0.15, 0.2) is 29.5 Å². The first-order valence-electron chi connectivity index (χ1n) is 12.1. The molecule has 6 nitrogen and oxygen atoms in total. The van der Waals surface area contributed by atoms with Crippen LogP contribution in [-0.2, 0) is 16.0 Å². The molecule has 1 aromatic rings. The number of unbranched alkanes of at least 4 members (excludes halogenated alkanes) is 9. The van der Waals surface area contributed by atoms with Gasteiger partial charge in [0.1, 0.15) is 17.4 Å². The number of aliphatic hydroxyl groups excluding tert-OH is 2. The Morgan fingerprint density at radius 1 is 0.906 bits per heavy atom. The van der Waals surface area contributed by atoms with Gasteiger partial charge in [-0.05, 0) is 43.4 Å². The minimum Gasteiger partial charge on any atom is -0.509 e. The van der Waals surface area contributed by atoms with Gasteiger partial charge in [-0.2, -0.15) is 0 Å². The smallest absolute Gasteiger partial charge is 0.231 e. The lowest BCUT2D eigenvalue weighted by atomic mass is 9.89. The molecular weight excluding hydrogens is 408 g/mol. The van der Waals surface area contributed by atoms with Crippen molar-refractivity contribution in [1.82, 2.24) is 0 Å². The number of ketones is 2. The van der Waals surface area contributed by atoms with Gasteiger partial charge < -0.3 is 19.7 Å². The molecule has 0 radical (unpaired) electrons. The summed E-state index contributed by atoms with van der Waals surface area (Å²) in [5.74, 6) is 0.613. The molecule has 32 heavy (non-hydrogen) atoms. The summed E-state index contributed by atoms with van der Waals surface area (Å²) in [5.41, 5.74) is 1.14. The minimum atomic E-state index is -1.07. The normalized spacial score (nSPS) is 17.8. The number of carbonyl (C=O) groups is 2. The molecule has 2 N–H and O–H groups in total. The molecular formula is C26H36O6. The molecule has 0 amide bonds. The second kappa shape index (κ2) is 12.6. The van der Waals surface area contributed by atoms with Gasteiger partial charge in [0.15, 0.2) is 23.1 Å². The zero-order chi connectivity index (χ0) is 22.8. The van der Waals surface area contributed by atoms with Crippen LogP contribution in [0, 0.1) is 0 Å². The first-order chi connectivity index (χ1) is 15.6. The molecule has 176 valence electrons. The Hall–Kier alpha value is -2.34. The number of fused-ring (bicyclic) bond motifs is 1. The molecule has 1 atom stereocenters. The molecule has 0 saturated heterocycles. The van der Waals surface area contributed by atoms with Crippen LogP contribution in [0.5, 0.6) is 11.5 Å². The van der Waals surface area contributed by atoms with E-state index in [4.69, 9.17) is 9.47 Å². The summed E-state index contributed by atoms with van der Waals surface area (Å²) in [7, 11) is 0. The van der Waals surface area contributed by atoms with Gasteiger partial charge in [-0.15, -0.1) is 0 Å². The van der Waals surface area contributed by atoms with E-state index in [1.807, 2.05) is 6.07 Å². The van der Waals surface area contributed by atoms with E-state index in [1.165, 1.54) is 44.1 Å². The Bertz CT molecular complexity index is 813. The van der Waals surface area contributed by atoms with E-state index in [0.29, 0.717) is 6.79 Å². The standard InChI is InChI=1S/C26H36O6/c27-20(25-21(28)14-15-22(29)26(25)30)12-10-8-6-4-2-1-3-5-7-9-11-19-13-16-23-24(17-19)32-18-31-23/h13,16-17,22,29-30H,1-12,14-15,18H2/t22-/m0/s1. The second-order valence-corrected chi connectivity index (χ2v) is 8.88. The van der Waals surface area contributed by atoms with E-state index in [9.17, 15) is 19.8 Å².